The maximum Gasteiger partial charge on any atom is 0.223 e. The van der Waals surface area contributed by atoms with E-state index in [2.05, 4.69) is 0 Å². The van der Waals surface area contributed by atoms with Crippen molar-refractivity contribution < 1.29 is 22.4 Å². The highest BCUT2D eigenvalue weighted by Crippen LogP contribution is 2.22. The molecule has 1 saturated heterocycles. The Hall–Kier alpha value is -2.41. The molecule has 0 bridgehead atoms. The van der Waals surface area contributed by atoms with Crippen molar-refractivity contribution in [3.8, 4) is 0 Å². The van der Waals surface area contributed by atoms with Gasteiger partial charge in [-0.1, -0.05) is 30.3 Å². The number of sulfone groups is 1. The van der Waals surface area contributed by atoms with E-state index in [1.165, 1.54) is 6.26 Å². The van der Waals surface area contributed by atoms with Gasteiger partial charge in [-0.2, -0.15) is 0 Å². The minimum absolute atomic E-state index is 0.0557. The van der Waals surface area contributed by atoms with Gasteiger partial charge in [-0.25, -0.2) is 8.42 Å². The van der Waals surface area contributed by atoms with Crippen molar-refractivity contribution in [3.05, 3.63) is 60.1 Å². The number of carbonyl (C=O) groups is 2. The Bertz CT molecular complexity index is 866. The van der Waals surface area contributed by atoms with E-state index in [9.17, 15) is 18.0 Å². The molecule has 144 valence electrons. The van der Waals surface area contributed by atoms with Crippen molar-refractivity contribution in [2.24, 2.45) is 0 Å². The first-order chi connectivity index (χ1) is 13.0. The summed E-state index contributed by atoms with van der Waals surface area (Å²) in [6.07, 6.45) is 2.61. The molecule has 0 atom stereocenters. The number of piperidine rings is 1. The Morgan fingerprint density at radius 2 is 1.70 bits per heavy atom. The summed E-state index contributed by atoms with van der Waals surface area (Å²) in [6.45, 7) is 0.806. The quantitative estimate of drug-likeness (QED) is 0.680. The zero-order chi connectivity index (χ0) is 19.3. The van der Waals surface area contributed by atoms with Gasteiger partial charge < -0.3 is 9.32 Å². The summed E-state index contributed by atoms with van der Waals surface area (Å²) in [4.78, 5) is 26.1. The molecule has 0 radical (unpaired) electrons. The number of furan rings is 1. The minimum Gasteiger partial charge on any atom is -0.468 e. The number of carbonyl (C=O) groups excluding carboxylic acids is 2. The SMILES string of the molecule is O=C(CCC(=O)N1CCC(S(=O)(=O)Cc2ccco2)CC1)c1ccccc1. The molecule has 0 N–H and O–H groups in total. The zero-order valence-corrected chi connectivity index (χ0v) is 15.9. The number of hydrogen-bond acceptors (Lipinski definition) is 5. The molecule has 7 heteroatoms. The number of Topliss-reactive ketones (excluding diaryl/α,β-unsaturated/α-hetero) is 1. The number of likely N-dealkylation sites (tertiary alicyclic amines) is 1. The van der Waals surface area contributed by atoms with Gasteiger partial charge in [0.25, 0.3) is 0 Å². The average Bonchev–Trinajstić information content (AvgIpc) is 3.19. The first-order valence-corrected chi connectivity index (χ1v) is 10.8. The van der Waals surface area contributed by atoms with Crippen LogP contribution in [0.15, 0.2) is 53.1 Å². The molecule has 6 nitrogen and oxygen atoms in total. The average molecular weight is 389 g/mol. The van der Waals surface area contributed by atoms with Gasteiger partial charge in [0.1, 0.15) is 11.5 Å². The summed E-state index contributed by atoms with van der Waals surface area (Å²) in [5.74, 6) is 0.179. The Labute approximate surface area is 159 Å². The van der Waals surface area contributed by atoms with E-state index < -0.39 is 15.1 Å². The highest BCUT2D eigenvalue weighted by molar-refractivity contribution is 7.91. The number of hydrogen-bond donors (Lipinski definition) is 0. The topological polar surface area (TPSA) is 84.7 Å². The van der Waals surface area contributed by atoms with Crippen LogP contribution in [0.5, 0.6) is 0 Å². The van der Waals surface area contributed by atoms with Gasteiger partial charge >= 0.3 is 0 Å². The lowest BCUT2D eigenvalue weighted by atomic mass is 10.1. The third-order valence-corrected chi connectivity index (χ3v) is 7.06. The van der Waals surface area contributed by atoms with Crippen LogP contribution in [0.2, 0.25) is 0 Å². The van der Waals surface area contributed by atoms with E-state index in [0.29, 0.717) is 37.3 Å². The fourth-order valence-electron chi connectivity index (χ4n) is 3.32. The van der Waals surface area contributed by atoms with E-state index in [1.807, 2.05) is 6.07 Å². The molecule has 1 aliphatic rings. The third-order valence-electron chi connectivity index (χ3n) is 4.89. The molecule has 1 aromatic heterocycles. The van der Waals surface area contributed by atoms with Crippen LogP contribution in [0, 0.1) is 0 Å². The molecule has 0 unspecified atom stereocenters. The minimum atomic E-state index is -3.30. The first-order valence-electron chi connectivity index (χ1n) is 9.06. The molecule has 0 aliphatic carbocycles. The molecule has 0 saturated carbocycles. The van der Waals surface area contributed by atoms with Crippen LogP contribution in [0.3, 0.4) is 0 Å². The second-order valence-corrected chi connectivity index (χ2v) is 9.04. The van der Waals surface area contributed by atoms with E-state index in [0.717, 1.165) is 0 Å². The van der Waals surface area contributed by atoms with Crippen LogP contribution in [0.4, 0.5) is 0 Å². The van der Waals surface area contributed by atoms with Crippen LogP contribution in [0.25, 0.3) is 0 Å². The molecule has 3 rings (SSSR count). The highest BCUT2D eigenvalue weighted by Gasteiger charge is 2.32. The lowest BCUT2D eigenvalue weighted by Crippen LogP contribution is -2.42. The van der Waals surface area contributed by atoms with Crippen LogP contribution in [-0.4, -0.2) is 43.3 Å². The summed E-state index contributed by atoms with van der Waals surface area (Å²) in [5.41, 5.74) is 0.605. The molecular weight excluding hydrogens is 366 g/mol. The van der Waals surface area contributed by atoms with Crippen molar-refractivity contribution >= 4 is 21.5 Å². The smallest absolute Gasteiger partial charge is 0.223 e. The zero-order valence-electron chi connectivity index (χ0n) is 15.0. The van der Waals surface area contributed by atoms with Crippen molar-refractivity contribution in [2.45, 2.75) is 36.7 Å². The monoisotopic (exact) mass is 389 g/mol. The fraction of sp³-hybridized carbons (Fsp3) is 0.400. The molecular formula is C20H23NO5S. The molecule has 2 heterocycles. The molecule has 1 fully saturated rings. The van der Waals surface area contributed by atoms with Gasteiger partial charge in [-0.05, 0) is 25.0 Å². The second kappa shape index (κ2) is 8.52. The number of benzene rings is 1. The van der Waals surface area contributed by atoms with Gasteiger partial charge in [-0.3, -0.25) is 9.59 Å². The third kappa shape index (κ3) is 5.07. The first kappa shape index (κ1) is 19.4. The van der Waals surface area contributed by atoms with Crippen molar-refractivity contribution in [2.75, 3.05) is 13.1 Å². The van der Waals surface area contributed by atoms with E-state index >= 15 is 0 Å². The molecule has 1 aliphatic heterocycles. The van der Waals surface area contributed by atoms with E-state index in [-0.39, 0.29) is 30.3 Å². The molecule has 1 amide bonds. The van der Waals surface area contributed by atoms with Crippen LogP contribution in [-0.2, 0) is 20.4 Å². The largest absolute Gasteiger partial charge is 0.468 e. The van der Waals surface area contributed by atoms with Crippen LogP contribution >= 0.6 is 0 Å². The van der Waals surface area contributed by atoms with Gasteiger partial charge in [0.2, 0.25) is 5.91 Å². The Balaban J connectivity index is 1.47. The normalized spacial score (nSPS) is 15.6. The maximum absolute atomic E-state index is 12.5. The van der Waals surface area contributed by atoms with Crippen LogP contribution in [0.1, 0.15) is 41.8 Å². The Morgan fingerprint density at radius 1 is 1.00 bits per heavy atom. The number of ketones is 1. The molecule has 27 heavy (non-hydrogen) atoms. The van der Waals surface area contributed by atoms with E-state index in [4.69, 9.17) is 4.42 Å². The molecule has 0 spiro atoms. The predicted octanol–water partition coefficient (Wildman–Crippen LogP) is 2.85. The second-order valence-electron chi connectivity index (χ2n) is 6.76. The maximum atomic E-state index is 12.5. The van der Waals surface area contributed by atoms with Gasteiger partial charge in [0.15, 0.2) is 15.6 Å². The number of rotatable bonds is 7. The summed E-state index contributed by atoms with van der Waals surface area (Å²) in [5, 5.41) is -0.461. The van der Waals surface area contributed by atoms with Gasteiger partial charge in [0.05, 0.1) is 11.5 Å². The highest BCUT2D eigenvalue weighted by atomic mass is 32.2. The fourth-order valence-corrected chi connectivity index (χ4v) is 5.05. The number of nitrogens with zero attached hydrogens (tertiary/aromatic N) is 1. The van der Waals surface area contributed by atoms with Crippen molar-refractivity contribution in [3.63, 3.8) is 0 Å². The standard InChI is InChI=1S/C20H23NO5S/c22-19(16-5-2-1-3-6-16)8-9-20(23)21-12-10-18(11-13-21)27(24,25)15-17-7-4-14-26-17/h1-7,14,18H,8-13,15H2. The summed E-state index contributed by atoms with van der Waals surface area (Å²) < 4.78 is 30.1. The van der Waals surface area contributed by atoms with Crippen LogP contribution < -0.4 is 0 Å². The molecule has 2 aromatic rings. The summed E-state index contributed by atoms with van der Waals surface area (Å²) in [6, 6.07) is 12.2. The number of amides is 1. The van der Waals surface area contributed by atoms with E-state index in [1.54, 1.807) is 41.3 Å². The Morgan fingerprint density at radius 3 is 2.33 bits per heavy atom. The summed E-state index contributed by atoms with van der Waals surface area (Å²) in [7, 11) is -3.30. The molecule has 1 aromatic carbocycles. The summed E-state index contributed by atoms with van der Waals surface area (Å²) >= 11 is 0. The lowest BCUT2D eigenvalue weighted by Gasteiger charge is -2.31. The van der Waals surface area contributed by atoms with Crippen molar-refractivity contribution in [1.82, 2.24) is 4.90 Å². The van der Waals surface area contributed by atoms with Crippen molar-refractivity contribution in [1.29, 1.82) is 0 Å². The predicted molar refractivity (Wildman–Crippen MR) is 101 cm³/mol. The Kier molecular flexibility index (Phi) is 6.11. The lowest BCUT2D eigenvalue weighted by molar-refractivity contribution is -0.132. The van der Waals surface area contributed by atoms with Gasteiger partial charge in [0, 0.05) is 31.5 Å². The van der Waals surface area contributed by atoms with Gasteiger partial charge in [-0.15, -0.1) is 0 Å².